The van der Waals surface area contributed by atoms with Crippen LogP contribution in [0, 0.1) is 0 Å². The maximum atomic E-state index is 12.2. The van der Waals surface area contributed by atoms with Crippen LogP contribution in [0.5, 0.6) is 0 Å². The van der Waals surface area contributed by atoms with Gasteiger partial charge in [-0.05, 0) is 4.86 Å². The molecule has 2 aromatic rings. The van der Waals surface area contributed by atoms with Gasteiger partial charge in [-0.3, -0.25) is 4.57 Å². The highest BCUT2D eigenvalue weighted by Gasteiger charge is 2.50. The fraction of sp³-hybridized carbons (Fsp3) is 0.500. The minimum Gasteiger partial charge on any atom is -0.642 e. The molecule has 0 bridgehead atoms. The molecule has 1 saturated heterocycles. The first-order valence-corrected chi connectivity index (χ1v) is 12.6. The van der Waals surface area contributed by atoms with Crippen LogP contribution in [0.1, 0.15) is 6.23 Å². The number of aromatic nitrogens is 4. The van der Waals surface area contributed by atoms with E-state index >= 15 is 0 Å². The summed E-state index contributed by atoms with van der Waals surface area (Å²) in [6.07, 6.45) is -4.38. The van der Waals surface area contributed by atoms with E-state index in [1.165, 1.54) is 0 Å². The van der Waals surface area contributed by atoms with Crippen LogP contribution < -0.4 is 30.2 Å². The lowest BCUT2D eigenvalue weighted by Crippen LogP contribution is -2.47. The van der Waals surface area contributed by atoms with Crippen molar-refractivity contribution in [3.8, 4) is 0 Å². The molecule has 3 heterocycles. The van der Waals surface area contributed by atoms with Crippen LogP contribution in [0.15, 0.2) is 12.7 Å². The van der Waals surface area contributed by atoms with Gasteiger partial charge in [0, 0.05) is 0 Å². The van der Waals surface area contributed by atoms with Crippen molar-refractivity contribution in [1.82, 2.24) is 24.4 Å². The maximum absolute atomic E-state index is 12.2. The maximum Gasteiger partial charge on any atom is 0.504 e. The lowest BCUT2D eigenvalue weighted by Gasteiger charge is -2.42. The van der Waals surface area contributed by atoms with Crippen molar-refractivity contribution in [3.63, 3.8) is 0 Å². The second-order valence-corrected chi connectivity index (χ2v) is 10.7. The molecule has 0 radical (unpaired) electrons. The van der Waals surface area contributed by atoms with Gasteiger partial charge < -0.3 is 50.0 Å². The Balaban J connectivity index is 1.89. The molecule has 1 aliphatic rings. The normalized spacial score (nSPS) is 25.4. The topological polar surface area (TPSA) is 300 Å². The molecule has 21 heteroatoms. The molecular formula is C10H15N6O12P3-2. The number of hydrogen-bond acceptors (Lipinski definition) is 15. The van der Waals surface area contributed by atoms with Crippen LogP contribution in [0.2, 0.25) is 0 Å². The molecule has 2 aromatic heterocycles. The number of phosphoric acid groups is 1. The van der Waals surface area contributed by atoms with E-state index in [4.69, 9.17) is 20.3 Å². The number of fused-ring (bicyclic) bond motifs is 1. The van der Waals surface area contributed by atoms with E-state index in [1.807, 2.05) is 0 Å². The van der Waals surface area contributed by atoms with Gasteiger partial charge >= 0.3 is 7.82 Å². The first-order chi connectivity index (χ1) is 14.2. The van der Waals surface area contributed by atoms with Crippen molar-refractivity contribution < 1.29 is 57.7 Å². The lowest BCUT2D eigenvalue weighted by molar-refractivity contribution is -0.357. The number of hydrogen-bond donors (Lipinski definition) is 6. The number of nitrogen functional groups attached to an aromatic ring is 1. The Labute approximate surface area is 173 Å². The predicted octanol–water partition coefficient (Wildman–Crippen LogP) is -5.46. The second kappa shape index (κ2) is 8.72. The molecule has 0 saturated carbocycles. The van der Waals surface area contributed by atoms with Gasteiger partial charge in [0.05, 0.1) is 12.9 Å². The first-order valence-electron chi connectivity index (χ1n) is 7.97. The fourth-order valence-electron chi connectivity index (χ4n) is 2.75. The van der Waals surface area contributed by atoms with Crippen LogP contribution in [-0.4, -0.2) is 64.4 Å². The van der Waals surface area contributed by atoms with Gasteiger partial charge in [-0.1, -0.05) is 0 Å². The minimum absolute atomic E-state index is 0.0310. The van der Waals surface area contributed by atoms with Crippen LogP contribution in [0.25, 0.3) is 11.2 Å². The summed E-state index contributed by atoms with van der Waals surface area (Å²) in [7, 11) is -17.2. The Bertz CT molecular complexity index is 985. The zero-order valence-corrected chi connectivity index (χ0v) is 17.6. The largest absolute Gasteiger partial charge is 0.642 e. The summed E-state index contributed by atoms with van der Waals surface area (Å²) >= 11 is 0. The number of nitrogens with one attached hydrogen (secondary N) is 1. The van der Waals surface area contributed by atoms with Gasteiger partial charge in [-0.25, -0.2) is 24.0 Å². The Morgan fingerprint density at radius 2 is 1.94 bits per heavy atom. The van der Waals surface area contributed by atoms with E-state index < -0.39 is 55.2 Å². The number of imidazole rings is 1. The van der Waals surface area contributed by atoms with Gasteiger partial charge in [-0.15, -0.1) is 4.31 Å². The summed E-state index contributed by atoms with van der Waals surface area (Å²) in [6.45, 7) is -0.779. The number of nitrogens with zero attached hydrogens (tertiary/aromatic N) is 4. The molecule has 3 rings (SSSR count). The molecule has 1 aliphatic heterocycles. The average molecular weight is 504 g/mol. The first kappa shape index (κ1) is 24.6. The van der Waals surface area contributed by atoms with E-state index in [2.05, 4.69) is 23.8 Å². The van der Waals surface area contributed by atoms with Crippen LogP contribution in [0.3, 0.4) is 0 Å². The predicted molar refractivity (Wildman–Crippen MR) is 91.7 cm³/mol. The Morgan fingerprint density at radius 1 is 1.26 bits per heavy atom. The quantitative estimate of drug-likeness (QED) is 0.183. The highest BCUT2D eigenvalue weighted by atomic mass is 31.3. The number of nitrogens with two attached hydrogens (primary N) is 1. The summed E-state index contributed by atoms with van der Waals surface area (Å²) in [5.41, 5.74) is 5.79. The Hall–Kier alpha value is -1.04. The van der Waals surface area contributed by atoms with Gasteiger partial charge in [0.25, 0.3) is 0 Å². The van der Waals surface area contributed by atoms with Crippen molar-refractivity contribution in [2.24, 2.45) is 0 Å². The van der Waals surface area contributed by atoms with E-state index in [1.54, 1.807) is 0 Å². The molecule has 18 nitrogen and oxygen atoms in total. The minimum atomic E-state index is -5.85. The number of ether oxygens (including phenoxy) is 1. The molecule has 31 heavy (non-hydrogen) atoms. The molecular weight excluding hydrogens is 489 g/mol. The molecule has 4 atom stereocenters. The van der Waals surface area contributed by atoms with Gasteiger partial charge in [0.15, 0.2) is 40.0 Å². The molecule has 174 valence electrons. The molecule has 0 unspecified atom stereocenters. The summed E-state index contributed by atoms with van der Waals surface area (Å²) in [5.74, 6) is -0.0310. The number of aliphatic hydroxyl groups is 2. The third kappa shape index (κ3) is 5.66. The summed E-state index contributed by atoms with van der Waals surface area (Å²) in [4.78, 5) is 76.9. The van der Waals surface area contributed by atoms with E-state index in [0.717, 1.165) is 22.1 Å². The molecule has 7 N–H and O–H groups in total. The number of anilines is 1. The second-order valence-electron chi connectivity index (χ2n) is 6.06. The molecule has 0 aliphatic carbocycles. The molecule has 1 fully saturated rings. The van der Waals surface area contributed by atoms with Gasteiger partial charge in [-0.2, -0.15) is 0 Å². The van der Waals surface area contributed by atoms with Crippen molar-refractivity contribution in [2.75, 3.05) is 12.3 Å². The SMILES string of the molecule is Nc1ncnc2c1ncn2[C@@H]1O[C@H](CO)[C@@H](O)[C@H]1O[P+]([O-])([O-])N[P+]([O-])([O-])OP(=O)(O)O. The monoisotopic (exact) mass is 504 g/mol. The molecule has 0 spiro atoms. The Morgan fingerprint density at radius 3 is 2.55 bits per heavy atom. The van der Waals surface area contributed by atoms with Crippen molar-refractivity contribution in [2.45, 2.75) is 24.5 Å². The van der Waals surface area contributed by atoms with E-state index in [0.29, 0.717) is 0 Å². The fourth-order valence-corrected chi connectivity index (χ4v) is 6.29. The highest BCUT2D eigenvalue weighted by Crippen LogP contribution is 2.60. The zero-order chi connectivity index (χ0) is 23.2. The number of aliphatic hydroxyl groups excluding tert-OH is 2. The van der Waals surface area contributed by atoms with E-state index in [-0.39, 0.29) is 17.0 Å². The lowest BCUT2D eigenvalue weighted by atomic mass is 10.1. The third-order valence-corrected chi connectivity index (χ3v) is 8.06. The van der Waals surface area contributed by atoms with Crippen LogP contribution >= 0.6 is 24.0 Å². The third-order valence-electron chi connectivity index (χ3n) is 3.87. The van der Waals surface area contributed by atoms with Gasteiger partial charge in [0.2, 0.25) is 0 Å². The highest BCUT2D eigenvalue weighted by molar-refractivity contribution is 7.74. The number of rotatable bonds is 8. The van der Waals surface area contributed by atoms with Crippen molar-refractivity contribution in [1.29, 1.82) is 0 Å². The summed E-state index contributed by atoms with van der Waals surface area (Å²) in [6, 6.07) is 0. The van der Waals surface area contributed by atoms with Gasteiger partial charge in [0.1, 0.15) is 24.1 Å². The average Bonchev–Trinajstić information content (AvgIpc) is 3.14. The summed E-state index contributed by atoms with van der Waals surface area (Å²) < 4.78 is 25.2. The zero-order valence-electron chi connectivity index (χ0n) is 14.9. The molecule has 0 aromatic carbocycles. The standard InChI is InChI=1S/C10H17N6O12P3/c11-8-5-9(13-2-12-8)16(3-14-5)10-7(6(18)4(1-17)26-10)27-29(19,20)15-30(21,22)28-31(23,24)25/h2-4,6-7,10,17-18H,1H2,(H2,11,12,13)(H2,23,24,25)(H3,15,19,20,21,22)/p-2/t4-,6-,7-,10-/m1/s1. The van der Waals surface area contributed by atoms with Crippen molar-refractivity contribution in [3.05, 3.63) is 12.7 Å². The van der Waals surface area contributed by atoms with Crippen LogP contribution in [0.4, 0.5) is 5.82 Å². The van der Waals surface area contributed by atoms with Crippen LogP contribution in [-0.2, 0) is 18.1 Å². The molecule has 0 amide bonds. The summed E-state index contributed by atoms with van der Waals surface area (Å²) in [5, 5.41) is 19.7. The van der Waals surface area contributed by atoms with E-state index in [9.17, 15) is 34.4 Å². The smallest absolute Gasteiger partial charge is 0.504 e. The van der Waals surface area contributed by atoms with Crippen molar-refractivity contribution >= 4 is 41.0 Å². The Kier molecular flexibility index (Phi) is 6.92.